The SMILES string of the molecule is COc1ccc2c(C)[c]oc2c1. The van der Waals surface area contributed by atoms with Crippen molar-refractivity contribution in [2.75, 3.05) is 7.11 Å². The molecule has 2 rings (SSSR count). The maximum absolute atomic E-state index is 5.19. The predicted octanol–water partition coefficient (Wildman–Crippen LogP) is 2.55. The van der Waals surface area contributed by atoms with Crippen molar-refractivity contribution in [2.24, 2.45) is 0 Å². The van der Waals surface area contributed by atoms with Gasteiger partial charge in [-0.05, 0) is 19.1 Å². The Hall–Kier alpha value is -1.44. The molecule has 0 unspecified atom stereocenters. The molecule has 2 nitrogen and oxygen atoms in total. The molecule has 2 aromatic rings. The van der Waals surface area contributed by atoms with Crippen LogP contribution in [0.5, 0.6) is 5.75 Å². The Morgan fingerprint density at radius 2 is 2.25 bits per heavy atom. The molecule has 0 N–H and O–H groups in total. The van der Waals surface area contributed by atoms with Crippen LogP contribution in [-0.2, 0) is 0 Å². The van der Waals surface area contributed by atoms with Crippen molar-refractivity contribution in [1.29, 1.82) is 0 Å². The number of furan rings is 1. The van der Waals surface area contributed by atoms with Crippen LogP contribution in [-0.4, -0.2) is 7.11 Å². The van der Waals surface area contributed by atoms with E-state index < -0.39 is 0 Å². The molecule has 12 heavy (non-hydrogen) atoms. The highest BCUT2D eigenvalue weighted by atomic mass is 16.5. The van der Waals surface area contributed by atoms with Crippen LogP contribution in [0, 0.1) is 13.2 Å². The van der Waals surface area contributed by atoms with Gasteiger partial charge in [-0.25, -0.2) is 0 Å². The van der Waals surface area contributed by atoms with Crippen LogP contribution in [0.4, 0.5) is 0 Å². The van der Waals surface area contributed by atoms with Crippen molar-refractivity contribution >= 4 is 11.0 Å². The number of hydrogen-bond acceptors (Lipinski definition) is 2. The third-order valence-corrected chi connectivity index (χ3v) is 1.91. The summed E-state index contributed by atoms with van der Waals surface area (Å²) in [5, 5.41) is 1.09. The standard InChI is InChI=1S/C10H9O2/c1-7-6-12-10-5-8(11-2)3-4-9(7)10/h3-5H,1-2H3. The van der Waals surface area contributed by atoms with Crippen molar-refractivity contribution in [1.82, 2.24) is 0 Å². The number of aryl methyl sites for hydroxylation is 1. The fraction of sp³-hybridized carbons (Fsp3) is 0.200. The zero-order valence-corrected chi connectivity index (χ0v) is 7.05. The summed E-state index contributed by atoms with van der Waals surface area (Å²) in [6.07, 6.45) is 2.80. The Balaban J connectivity index is 2.69. The van der Waals surface area contributed by atoms with Crippen LogP contribution in [0.2, 0.25) is 0 Å². The summed E-state index contributed by atoms with van der Waals surface area (Å²) in [5.74, 6) is 0.810. The largest absolute Gasteiger partial charge is 0.497 e. The Kier molecular flexibility index (Phi) is 1.54. The minimum absolute atomic E-state index is 0.810. The van der Waals surface area contributed by atoms with Crippen molar-refractivity contribution < 1.29 is 9.15 Å². The van der Waals surface area contributed by atoms with E-state index in [1.54, 1.807) is 7.11 Å². The van der Waals surface area contributed by atoms with E-state index in [9.17, 15) is 0 Å². The average Bonchev–Trinajstić information content (AvgIpc) is 2.47. The quantitative estimate of drug-likeness (QED) is 0.641. The van der Waals surface area contributed by atoms with E-state index in [4.69, 9.17) is 9.15 Å². The van der Waals surface area contributed by atoms with E-state index in [1.807, 2.05) is 25.1 Å². The minimum Gasteiger partial charge on any atom is -0.497 e. The number of ether oxygens (including phenoxy) is 1. The molecule has 1 radical (unpaired) electrons. The maximum Gasteiger partial charge on any atom is 0.173 e. The highest BCUT2D eigenvalue weighted by Crippen LogP contribution is 2.24. The van der Waals surface area contributed by atoms with Gasteiger partial charge in [0.1, 0.15) is 11.3 Å². The molecule has 0 aliphatic carbocycles. The van der Waals surface area contributed by atoms with Crippen LogP contribution in [0.15, 0.2) is 22.6 Å². The zero-order chi connectivity index (χ0) is 8.55. The first-order valence-corrected chi connectivity index (χ1v) is 3.76. The summed E-state index contributed by atoms with van der Waals surface area (Å²) in [7, 11) is 1.64. The zero-order valence-electron chi connectivity index (χ0n) is 7.05. The number of benzene rings is 1. The third kappa shape index (κ3) is 0.961. The summed E-state index contributed by atoms with van der Waals surface area (Å²) >= 11 is 0. The van der Waals surface area contributed by atoms with Gasteiger partial charge in [-0.2, -0.15) is 0 Å². The van der Waals surface area contributed by atoms with E-state index in [0.29, 0.717) is 0 Å². The molecule has 1 aromatic carbocycles. The molecule has 0 spiro atoms. The molecular weight excluding hydrogens is 152 g/mol. The lowest BCUT2D eigenvalue weighted by atomic mass is 10.2. The molecule has 0 fully saturated rings. The first kappa shape index (κ1) is 7.22. The van der Waals surface area contributed by atoms with Gasteiger partial charge in [-0.1, -0.05) is 0 Å². The van der Waals surface area contributed by atoms with Crippen LogP contribution >= 0.6 is 0 Å². The van der Waals surface area contributed by atoms with Gasteiger partial charge in [0.05, 0.1) is 7.11 Å². The molecule has 0 aliphatic rings. The minimum atomic E-state index is 0.810. The molecule has 0 saturated heterocycles. The number of methoxy groups -OCH3 is 1. The smallest absolute Gasteiger partial charge is 0.173 e. The molecule has 0 amide bonds. The van der Waals surface area contributed by atoms with Gasteiger partial charge in [0.25, 0.3) is 0 Å². The molecule has 61 valence electrons. The van der Waals surface area contributed by atoms with Crippen molar-refractivity contribution in [3.63, 3.8) is 0 Å². The van der Waals surface area contributed by atoms with Crippen molar-refractivity contribution in [3.05, 3.63) is 30.0 Å². The summed E-state index contributed by atoms with van der Waals surface area (Å²) in [6.45, 7) is 1.97. The molecule has 2 heteroatoms. The maximum atomic E-state index is 5.19. The van der Waals surface area contributed by atoms with Gasteiger partial charge in [0.2, 0.25) is 0 Å². The van der Waals surface area contributed by atoms with Crippen LogP contribution < -0.4 is 4.74 Å². The van der Waals surface area contributed by atoms with Crippen LogP contribution in [0.1, 0.15) is 5.56 Å². The molecule has 0 bridgehead atoms. The van der Waals surface area contributed by atoms with Gasteiger partial charge in [0.15, 0.2) is 6.26 Å². The lowest BCUT2D eigenvalue weighted by molar-refractivity contribution is 0.414. The van der Waals surface area contributed by atoms with E-state index >= 15 is 0 Å². The topological polar surface area (TPSA) is 22.4 Å². The average molecular weight is 161 g/mol. The fourth-order valence-corrected chi connectivity index (χ4v) is 1.21. The highest BCUT2D eigenvalue weighted by Gasteiger charge is 2.02. The Labute approximate surface area is 70.8 Å². The number of fused-ring (bicyclic) bond motifs is 1. The van der Waals surface area contributed by atoms with Crippen molar-refractivity contribution in [2.45, 2.75) is 6.92 Å². The van der Waals surface area contributed by atoms with Gasteiger partial charge in [-0.3, -0.25) is 0 Å². The van der Waals surface area contributed by atoms with Gasteiger partial charge >= 0.3 is 0 Å². The molecule has 0 saturated carbocycles. The summed E-state index contributed by atoms with van der Waals surface area (Å²) in [4.78, 5) is 0. The van der Waals surface area contributed by atoms with E-state index in [1.165, 1.54) is 0 Å². The predicted molar refractivity (Wildman–Crippen MR) is 46.3 cm³/mol. The first-order valence-electron chi connectivity index (χ1n) is 3.76. The second-order valence-electron chi connectivity index (χ2n) is 2.69. The Morgan fingerprint density at radius 1 is 1.42 bits per heavy atom. The van der Waals surface area contributed by atoms with E-state index in [0.717, 1.165) is 22.3 Å². The Bertz CT molecular complexity index is 401. The fourth-order valence-electron chi connectivity index (χ4n) is 1.21. The second-order valence-corrected chi connectivity index (χ2v) is 2.69. The summed E-state index contributed by atoms with van der Waals surface area (Å²) < 4.78 is 10.2. The van der Waals surface area contributed by atoms with E-state index in [-0.39, 0.29) is 0 Å². The Morgan fingerprint density at radius 3 is 3.00 bits per heavy atom. The summed E-state index contributed by atoms with van der Waals surface area (Å²) in [5.41, 5.74) is 1.86. The number of rotatable bonds is 1. The van der Waals surface area contributed by atoms with Crippen LogP contribution in [0.3, 0.4) is 0 Å². The lowest BCUT2D eigenvalue weighted by Gasteiger charge is -1.97. The normalized spacial score (nSPS) is 10.5. The van der Waals surface area contributed by atoms with Crippen LogP contribution in [0.25, 0.3) is 11.0 Å². The summed E-state index contributed by atoms with van der Waals surface area (Å²) in [6, 6.07) is 5.75. The first-order chi connectivity index (χ1) is 5.81. The van der Waals surface area contributed by atoms with Gasteiger partial charge in [0, 0.05) is 17.0 Å². The molecular formula is C10H9O2. The second kappa shape index (κ2) is 2.55. The van der Waals surface area contributed by atoms with Gasteiger partial charge in [-0.15, -0.1) is 0 Å². The monoisotopic (exact) mass is 161 g/mol. The lowest BCUT2D eigenvalue weighted by Crippen LogP contribution is -1.80. The van der Waals surface area contributed by atoms with Crippen molar-refractivity contribution in [3.8, 4) is 5.75 Å². The van der Waals surface area contributed by atoms with Gasteiger partial charge < -0.3 is 9.15 Å². The molecule has 0 aliphatic heterocycles. The molecule has 0 atom stereocenters. The molecule has 1 aromatic heterocycles. The third-order valence-electron chi connectivity index (χ3n) is 1.91. The molecule has 1 heterocycles. The highest BCUT2D eigenvalue weighted by molar-refractivity contribution is 5.81. The number of hydrogen-bond donors (Lipinski definition) is 0. The van der Waals surface area contributed by atoms with E-state index in [2.05, 4.69) is 6.26 Å².